The molecular weight excluding hydrogens is 254 g/mol. The fraction of sp³-hybridized carbons (Fsp3) is 0.786. The summed E-state index contributed by atoms with van der Waals surface area (Å²) in [4.78, 5) is 18.6. The monoisotopic (exact) mass is 279 g/mol. The van der Waals surface area contributed by atoms with Crippen LogP contribution in [0.1, 0.15) is 56.5 Å². The van der Waals surface area contributed by atoms with Crippen molar-refractivity contribution in [3.05, 3.63) is 11.6 Å². The summed E-state index contributed by atoms with van der Waals surface area (Å²) in [6, 6.07) is 0.272. The zero-order valence-electron chi connectivity index (χ0n) is 12.9. The largest absolute Gasteiger partial charge is 0.336 e. The van der Waals surface area contributed by atoms with Gasteiger partial charge in [0.05, 0.1) is 0 Å². The van der Waals surface area contributed by atoms with Crippen LogP contribution >= 0.6 is 0 Å². The summed E-state index contributed by atoms with van der Waals surface area (Å²) in [7, 11) is 1.85. The molecule has 1 aromatic rings. The van der Waals surface area contributed by atoms with Gasteiger partial charge in [-0.05, 0) is 32.4 Å². The van der Waals surface area contributed by atoms with Crippen molar-refractivity contribution in [3.63, 3.8) is 0 Å². The van der Waals surface area contributed by atoms with Crippen LogP contribution in [0.5, 0.6) is 0 Å². The minimum Gasteiger partial charge on any atom is -0.336 e. The Morgan fingerprint density at radius 1 is 1.30 bits per heavy atom. The molecule has 1 saturated heterocycles. The van der Waals surface area contributed by atoms with Gasteiger partial charge in [0.25, 0.3) is 5.91 Å². The van der Waals surface area contributed by atoms with Crippen molar-refractivity contribution in [1.29, 1.82) is 0 Å². The van der Waals surface area contributed by atoms with E-state index in [4.69, 9.17) is 0 Å². The van der Waals surface area contributed by atoms with Gasteiger partial charge in [0.15, 0.2) is 0 Å². The smallest absolute Gasteiger partial charge is 0.293 e. The number of rotatable bonds is 2. The Kier molecular flexibility index (Phi) is 4.42. The molecule has 1 aliphatic rings. The molecule has 1 unspecified atom stereocenters. The van der Waals surface area contributed by atoms with Crippen LogP contribution in [0.3, 0.4) is 0 Å². The van der Waals surface area contributed by atoms with E-state index in [9.17, 15) is 4.79 Å². The number of amides is 1. The fourth-order valence-corrected chi connectivity index (χ4v) is 2.40. The molecule has 1 amide bonds. The van der Waals surface area contributed by atoms with E-state index in [1.165, 1.54) is 0 Å². The number of H-pyrrole nitrogens is 1. The number of hydrogen-bond donors (Lipinski definition) is 2. The standard InChI is InChI=1S/C14H25N5O/c1-14(2,3)13-16-11(17-18-13)12(20)19(4)10-6-5-8-15-9-7-10/h10,15H,5-9H2,1-4H3,(H,16,17,18). The van der Waals surface area contributed by atoms with Crippen LogP contribution in [-0.2, 0) is 5.41 Å². The minimum absolute atomic E-state index is 0.0938. The lowest BCUT2D eigenvalue weighted by molar-refractivity contribution is 0.0708. The van der Waals surface area contributed by atoms with E-state index < -0.39 is 0 Å². The average molecular weight is 279 g/mol. The molecule has 0 bridgehead atoms. The summed E-state index contributed by atoms with van der Waals surface area (Å²) in [5.41, 5.74) is -0.129. The highest BCUT2D eigenvalue weighted by atomic mass is 16.2. The zero-order valence-corrected chi connectivity index (χ0v) is 12.9. The van der Waals surface area contributed by atoms with Gasteiger partial charge in [0.2, 0.25) is 5.82 Å². The van der Waals surface area contributed by atoms with E-state index >= 15 is 0 Å². The first-order valence-corrected chi connectivity index (χ1v) is 7.30. The Labute approximate surface area is 120 Å². The number of nitrogens with zero attached hydrogens (tertiary/aromatic N) is 3. The number of carbonyl (C=O) groups excluding carboxylic acids is 1. The Morgan fingerprint density at radius 3 is 2.70 bits per heavy atom. The molecule has 6 nitrogen and oxygen atoms in total. The molecule has 1 aromatic heterocycles. The van der Waals surface area contributed by atoms with Crippen LogP contribution in [0, 0.1) is 0 Å². The molecule has 2 heterocycles. The lowest BCUT2D eigenvalue weighted by Crippen LogP contribution is -2.38. The van der Waals surface area contributed by atoms with Crippen LogP contribution in [0.15, 0.2) is 0 Å². The van der Waals surface area contributed by atoms with Crippen molar-refractivity contribution in [2.24, 2.45) is 0 Å². The highest BCUT2D eigenvalue weighted by molar-refractivity contribution is 5.90. The summed E-state index contributed by atoms with van der Waals surface area (Å²) < 4.78 is 0. The second-order valence-corrected chi connectivity index (χ2v) is 6.51. The van der Waals surface area contributed by atoms with E-state index in [-0.39, 0.29) is 23.2 Å². The number of nitrogens with one attached hydrogen (secondary N) is 2. The van der Waals surface area contributed by atoms with Gasteiger partial charge in [-0.1, -0.05) is 20.8 Å². The molecule has 0 spiro atoms. The highest BCUT2D eigenvalue weighted by Crippen LogP contribution is 2.18. The third-order valence-corrected chi connectivity index (χ3v) is 3.80. The molecule has 0 radical (unpaired) electrons. The number of hydrogen-bond acceptors (Lipinski definition) is 4. The molecular formula is C14H25N5O. The van der Waals surface area contributed by atoms with Crippen LogP contribution in [0.4, 0.5) is 0 Å². The van der Waals surface area contributed by atoms with E-state index in [0.29, 0.717) is 0 Å². The number of carbonyl (C=O) groups is 1. The Hall–Kier alpha value is -1.43. The summed E-state index contributed by atoms with van der Waals surface area (Å²) in [5.74, 6) is 0.926. The molecule has 1 atom stereocenters. The summed E-state index contributed by atoms with van der Waals surface area (Å²) in [6.07, 6.45) is 3.12. The predicted molar refractivity (Wildman–Crippen MR) is 77.7 cm³/mol. The Morgan fingerprint density at radius 2 is 2.05 bits per heavy atom. The van der Waals surface area contributed by atoms with E-state index in [2.05, 4.69) is 20.5 Å². The predicted octanol–water partition coefficient (Wildman–Crippen LogP) is 1.32. The summed E-state index contributed by atoms with van der Waals surface area (Å²) in [6.45, 7) is 8.13. The average Bonchev–Trinajstić information content (AvgIpc) is 2.74. The maximum atomic E-state index is 12.5. The first-order valence-electron chi connectivity index (χ1n) is 7.30. The fourth-order valence-electron chi connectivity index (χ4n) is 2.40. The lowest BCUT2D eigenvalue weighted by atomic mass is 9.96. The molecule has 0 saturated carbocycles. The SMILES string of the molecule is CN(C(=O)c1n[nH]c(C(C)(C)C)n1)C1CCCNCC1. The maximum Gasteiger partial charge on any atom is 0.293 e. The van der Waals surface area contributed by atoms with Crippen LogP contribution in [-0.4, -0.2) is 52.2 Å². The van der Waals surface area contributed by atoms with E-state index in [0.717, 1.165) is 38.2 Å². The first-order chi connectivity index (χ1) is 9.39. The molecule has 20 heavy (non-hydrogen) atoms. The molecule has 2 N–H and O–H groups in total. The van der Waals surface area contributed by atoms with Crippen molar-refractivity contribution >= 4 is 5.91 Å². The molecule has 0 aliphatic carbocycles. The first kappa shape index (κ1) is 15.0. The van der Waals surface area contributed by atoms with Crippen LogP contribution < -0.4 is 5.32 Å². The molecule has 1 fully saturated rings. The molecule has 2 rings (SSSR count). The highest BCUT2D eigenvalue weighted by Gasteiger charge is 2.26. The van der Waals surface area contributed by atoms with Gasteiger partial charge in [-0.2, -0.15) is 0 Å². The molecule has 1 aliphatic heterocycles. The van der Waals surface area contributed by atoms with Gasteiger partial charge in [-0.15, -0.1) is 5.10 Å². The van der Waals surface area contributed by atoms with Crippen molar-refractivity contribution < 1.29 is 4.79 Å². The zero-order chi connectivity index (χ0) is 14.8. The van der Waals surface area contributed by atoms with Crippen LogP contribution in [0.25, 0.3) is 0 Å². The van der Waals surface area contributed by atoms with Gasteiger partial charge in [0.1, 0.15) is 5.82 Å². The Bertz CT molecular complexity index is 454. The van der Waals surface area contributed by atoms with Gasteiger partial charge in [-0.3, -0.25) is 9.89 Å². The Balaban J connectivity index is 2.08. The van der Waals surface area contributed by atoms with Crippen LogP contribution in [0.2, 0.25) is 0 Å². The van der Waals surface area contributed by atoms with Gasteiger partial charge in [-0.25, -0.2) is 4.98 Å². The van der Waals surface area contributed by atoms with Crippen molar-refractivity contribution in [3.8, 4) is 0 Å². The van der Waals surface area contributed by atoms with Gasteiger partial charge >= 0.3 is 0 Å². The molecule has 6 heteroatoms. The quantitative estimate of drug-likeness (QED) is 0.856. The van der Waals surface area contributed by atoms with Crippen molar-refractivity contribution in [1.82, 2.24) is 25.4 Å². The third-order valence-electron chi connectivity index (χ3n) is 3.80. The van der Waals surface area contributed by atoms with E-state index in [1.54, 1.807) is 4.90 Å². The lowest BCUT2D eigenvalue weighted by Gasteiger charge is -2.25. The summed E-state index contributed by atoms with van der Waals surface area (Å²) in [5, 5.41) is 10.3. The molecule has 0 aromatic carbocycles. The van der Waals surface area contributed by atoms with Crippen molar-refractivity contribution in [2.45, 2.75) is 51.5 Å². The minimum atomic E-state index is -0.129. The summed E-state index contributed by atoms with van der Waals surface area (Å²) >= 11 is 0. The third kappa shape index (κ3) is 3.36. The molecule has 112 valence electrons. The second kappa shape index (κ2) is 5.91. The number of aromatic nitrogens is 3. The number of aromatic amines is 1. The maximum absolute atomic E-state index is 12.5. The second-order valence-electron chi connectivity index (χ2n) is 6.51. The topological polar surface area (TPSA) is 73.9 Å². The van der Waals surface area contributed by atoms with Crippen molar-refractivity contribution in [2.75, 3.05) is 20.1 Å². The van der Waals surface area contributed by atoms with E-state index in [1.807, 2.05) is 27.8 Å². The normalized spacial score (nSPS) is 20.5. The van der Waals surface area contributed by atoms with Gasteiger partial charge in [0, 0.05) is 18.5 Å². The van der Waals surface area contributed by atoms with Gasteiger partial charge < -0.3 is 10.2 Å².